The lowest BCUT2D eigenvalue weighted by atomic mass is 9.67. The molecule has 0 saturated heterocycles. The van der Waals surface area contributed by atoms with Crippen LogP contribution in [-0.4, -0.2) is 23.9 Å². The molecule has 2 saturated carbocycles. The highest BCUT2D eigenvalue weighted by atomic mass is 16.5. The molecule has 0 aromatic carbocycles. The molecule has 0 bridgehead atoms. The van der Waals surface area contributed by atoms with E-state index in [0.29, 0.717) is 29.3 Å². The highest BCUT2D eigenvalue weighted by molar-refractivity contribution is 5.26. The summed E-state index contributed by atoms with van der Waals surface area (Å²) in [6.45, 7) is 18.9. The zero-order valence-electron chi connectivity index (χ0n) is 20.0. The topological polar surface area (TPSA) is 29.5 Å². The molecule has 166 valence electrons. The fourth-order valence-electron chi connectivity index (χ4n) is 5.79. The van der Waals surface area contributed by atoms with Gasteiger partial charge in [-0.3, -0.25) is 0 Å². The fourth-order valence-corrected chi connectivity index (χ4v) is 5.79. The average Bonchev–Trinajstić information content (AvgIpc) is 2.99. The first kappa shape index (κ1) is 24.4. The van der Waals surface area contributed by atoms with Crippen molar-refractivity contribution in [3.8, 4) is 0 Å². The van der Waals surface area contributed by atoms with Crippen LogP contribution in [0.3, 0.4) is 0 Å². The second kappa shape index (κ2) is 11.0. The fraction of sp³-hybridized carbons (Fsp3) is 0.778. The van der Waals surface area contributed by atoms with Gasteiger partial charge < -0.3 is 9.84 Å². The van der Waals surface area contributed by atoms with E-state index in [2.05, 4.69) is 60.3 Å². The summed E-state index contributed by atoms with van der Waals surface area (Å²) in [5.41, 5.74) is 4.17. The molecular weight excluding hydrogens is 356 g/mol. The Balaban J connectivity index is 2.09. The molecule has 2 aliphatic rings. The van der Waals surface area contributed by atoms with Crippen LogP contribution >= 0.6 is 0 Å². The summed E-state index contributed by atoms with van der Waals surface area (Å²) in [5, 5.41) is 10.1. The Morgan fingerprint density at radius 2 is 2.00 bits per heavy atom. The summed E-state index contributed by atoms with van der Waals surface area (Å²) in [7, 11) is 0. The second-order valence-electron chi connectivity index (χ2n) is 10.4. The Morgan fingerprint density at radius 3 is 2.62 bits per heavy atom. The molecule has 1 N–H and O–H groups in total. The maximum absolute atomic E-state index is 10.1. The van der Waals surface area contributed by atoms with Crippen LogP contribution in [0.4, 0.5) is 0 Å². The normalized spacial score (nSPS) is 33.7. The molecule has 2 rings (SSSR count). The van der Waals surface area contributed by atoms with Crippen molar-refractivity contribution in [2.24, 2.45) is 23.2 Å². The Labute approximate surface area is 180 Å². The minimum absolute atomic E-state index is 0.311. The van der Waals surface area contributed by atoms with Crippen molar-refractivity contribution < 1.29 is 9.84 Å². The van der Waals surface area contributed by atoms with Crippen molar-refractivity contribution in [1.29, 1.82) is 0 Å². The van der Waals surface area contributed by atoms with Crippen LogP contribution in [0.1, 0.15) is 92.9 Å². The van der Waals surface area contributed by atoms with E-state index in [0.717, 1.165) is 37.9 Å². The van der Waals surface area contributed by atoms with Gasteiger partial charge in [0.25, 0.3) is 0 Å². The van der Waals surface area contributed by atoms with E-state index in [9.17, 15) is 5.11 Å². The van der Waals surface area contributed by atoms with Crippen LogP contribution in [0.2, 0.25) is 0 Å². The Morgan fingerprint density at radius 1 is 1.28 bits per heavy atom. The molecule has 29 heavy (non-hydrogen) atoms. The van der Waals surface area contributed by atoms with E-state index in [1.807, 2.05) is 0 Å². The first-order chi connectivity index (χ1) is 13.7. The van der Waals surface area contributed by atoms with E-state index in [1.165, 1.54) is 36.8 Å². The molecule has 5 atom stereocenters. The molecule has 2 nitrogen and oxygen atoms in total. The van der Waals surface area contributed by atoms with Gasteiger partial charge in [-0.25, -0.2) is 0 Å². The SMILES string of the molecule is C=C1CCC(=CC=C(C)C2CCC(C(C)OCCC(C)C)C2(C)CCC)CC1O. The summed E-state index contributed by atoms with van der Waals surface area (Å²) in [4.78, 5) is 0. The van der Waals surface area contributed by atoms with Gasteiger partial charge in [0.05, 0.1) is 12.2 Å². The van der Waals surface area contributed by atoms with Crippen LogP contribution in [0, 0.1) is 23.2 Å². The summed E-state index contributed by atoms with van der Waals surface area (Å²) in [6.07, 6.45) is 13.5. The van der Waals surface area contributed by atoms with Gasteiger partial charge in [0.15, 0.2) is 0 Å². The number of rotatable bonds is 9. The Kier molecular flexibility index (Phi) is 9.22. The van der Waals surface area contributed by atoms with Gasteiger partial charge in [0.1, 0.15) is 0 Å². The van der Waals surface area contributed by atoms with E-state index in [1.54, 1.807) is 0 Å². The Hall–Kier alpha value is -0.860. The molecule has 0 spiro atoms. The van der Waals surface area contributed by atoms with Gasteiger partial charge in [0.2, 0.25) is 0 Å². The van der Waals surface area contributed by atoms with E-state index in [4.69, 9.17) is 4.74 Å². The number of ether oxygens (including phenoxy) is 1. The van der Waals surface area contributed by atoms with E-state index in [-0.39, 0.29) is 6.10 Å². The molecule has 2 heteroatoms. The van der Waals surface area contributed by atoms with Crippen LogP contribution in [0.25, 0.3) is 0 Å². The lowest BCUT2D eigenvalue weighted by molar-refractivity contribution is -0.0241. The van der Waals surface area contributed by atoms with E-state index >= 15 is 0 Å². The molecule has 5 unspecified atom stereocenters. The van der Waals surface area contributed by atoms with Gasteiger partial charge in [0, 0.05) is 6.61 Å². The van der Waals surface area contributed by atoms with Crippen molar-refractivity contribution in [3.05, 3.63) is 35.5 Å². The monoisotopic (exact) mass is 402 g/mol. The third-order valence-corrected chi connectivity index (χ3v) is 7.67. The average molecular weight is 403 g/mol. The van der Waals surface area contributed by atoms with Gasteiger partial charge in [-0.2, -0.15) is 0 Å². The van der Waals surface area contributed by atoms with Gasteiger partial charge in [-0.1, -0.05) is 64.0 Å². The minimum atomic E-state index is -0.353. The van der Waals surface area contributed by atoms with Gasteiger partial charge in [-0.15, -0.1) is 0 Å². The summed E-state index contributed by atoms with van der Waals surface area (Å²) < 4.78 is 6.32. The standard InChI is InChI=1S/C27H46O2/c1-8-16-27(7)24(13-14-25(27)22(6)29-17-15-19(2)3)20(4)9-11-23-12-10-21(5)26(28)18-23/h9,11,19,22,24-26,28H,5,8,10,12-18H2,1-4,6-7H3. The van der Waals surface area contributed by atoms with Gasteiger partial charge in [-0.05, 0) is 87.5 Å². The van der Waals surface area contributed by atoms with E-state index < -0.39 is 0 Å². The van der Waals surface area contributed by atoms with Crippen molar-refractivity contribution in [2.45, 2.75) is 105 Å². The molecule has 2 aliphatic carbocycles. The maximum atomic E-state index is 10.1. The van der Waals surface area contributed by atoms with Crippen LogP contribution in [-0.2, 0) is 4.74 Å². The highest BCUT2D eigenvalue weighted by Gasteiger charge is 2.48. The molecule has 0 aliphatic heterocycles. The van der Waals surface area contributed by atoms with Crippen molar-refractivity contribution in [3.63, 3.8) is 0 Å². The zero-order chi connectivity index (χ0) is 21.6. The number of aliphatic hydroxyl groups excluding tert-OH is 1. The summed E-state index contributed by atoms with van der Waals surface area (Å²) in [6, 6.07) is 0. The smallest absolute Gasteiger partial charge is 0.0784 e. The number of hydrogen-bond donors (Lipinski definition) is 1. The van der Waals surface area contributed by atoms with Crippen LogP contribution in [0.15, 0.2) is 35.5 Å². The van der Waals surface area contributed by atoms with Gasteiger partial charge >= 0.3 is 0 Å². The second-order valence-corrected chi connectivity index (χ2v) is 10.4. The molecular formula is C27H46O2. The molecule has 0 amide bonds. The molecule has 0 aromatic heterocycles. The quantitative estimate of drug-likeness (QED) is 0.412. The molecule has 0 heterocycles. The van der Waals surface area contributed by atoms with Crippen LogP contribution in [0.5, 0.6) is 0 Å². The predicted octanol–water partition coefficient (Wildman–Crippen LogP) is 7.24. The third kappa shape index (κ3) is 6.31. The maximum Gasteiger partial charge on any atom is 0.0784 e. The number of allylic oxidation sites excluding steroid dienone is 3. The molecule has 2 fully saturated rings. The zero-order valence-corrected chi connectivity index (χ0v) is 20.0. The van der Waals surface area contributed by atoms with Crippen molar-refractivity contribution in [1.82, 2.24) is 0 Å². The van der Waals surface area contributed by atoms with Crippen molar-refractivity contribution >= 4 is 0 Å². The minimum Gasteiger partial charge on any atom is -0.388 e. The highest BCUT2D eigenvalue weighted by Crippen LogP contribution is 2.55. The van der Waals surface area contributed by atoms with Crippen LogP contribution < -0.4 is 0 Å². The molecule has 0 aromatic rings. The lowest BCUT2D eigenvalue weighted by Gasteiger charge is -2.40. The summed E-state index contributed by atoms with van der Waals surface area (Å²) in [5.74, 6) is 1.97. The van der Waals surface area contributed by atoms with Crippen molar-refractivity contribution in [2.75, 3.05) is 6.61 Å². The Bertz CT molecular complexity index is 600. The number of aliphatic hydroxyl groups is 1. The number of hydrogen-bond acceptors (Lipinski definition) is 2. The third-order valence-electron chi connectivity index (χ3n) is 7.67. The lowest BCUT2D eigenvalue weighted by Crippen LogP contribution is -2.36. The first-order valence-electron chi connectivity index (χ1n) is 12.0. The summed E-state index contributed by atoms with van der Waals surface area (Å²) >= 11 is 0. The predicted molar refractivity (Wildman–Crippen MR) is 125 cm³/mol. The molecule has 0 radical (unpaired) electrons. The largest absolute Gasteiger partial charge is 0.388 e. The first-order valence-corrected chi connectivity index (χ1v) is 12.0.